The van der Waals surface area contributed by atoms with Gasteiger partial charge in [0.15, 0.2) is 11.2 Å². The van der Waals surface area contributed by atoms with Crippen LogP contribution >= 0.6 is 27.3 Å². The summed E-state index contributed by atoms with van der Waals surface area (Å²) in [5, 5.41) is 10.2. The Labute approximate surface area is 283 Å². The van der Waals surface area contributed by atoms with Gasteiger partial charge < -0.3 is 19.7 Å². The molecule has 3 heterocycles. The quantitative estimate of drug-likeness (QED) is 0.104. The van der Waals surface area contributed by atoms with E-state index in [1.807, 2.05) is 10.3 Å². The van der Waals surface area contributed by atoms with Crippen molar-refractivity contribution in [2.24, 2.45) is 11.8 Å². The van der Waals surface area contributed by atoms with Crippen molar-refractivity contribution in [2.45, 2.75) is 90.5 Å². The summed E-state index contributed by atoms with van der Waals surface area (Å²) in [6, 6.07) is 4.95. The number of nitrogens with zero attached hydrogens (tertiary/aromatic N) is 2. The Morgan fingerprint density at radius 2 is 2.00 bits per heavy atom. The molecule has 1 aliphatic carbocycles. The molecular weight excluding hydrogens is 670 g/mol. The van der Waals surface area contributed by atoms with Crippen LogP contribution in [-0.2, 0) is 14.4 Å². The number of nitrogens with one attached hydrogen (secondary N) is 1. The smallest absolute Gasteiger partial charge is 0.290 e. The number of hydrogen-bond acceptors (Lipinski definition) is 7. The van der Waals surface area contributed by atoms with Crippen LogP contribution in [0.25, 0.3) is 21.6 Å². The van der Waals surface area contributed by atoms with Gasteiger partial charge in [0.1, 0.15) is 10.8 Å². The van der Waals surface area contributed by atoms with Gasteiger partial charge >= 0.3 is 0 Å². The molecule has 1 aliphatic heterocycles. The molecule has 2 fully saturated rings. The second kappa shape index (κ2) is 19.4. The largest absolute Gasteiger partial charge is 0.495 e. The van der Waals surface area contributed by atoms with Crippen molar-refractivity contribution in [3.8, 4) is 16.5 Å². The highest BCUT2D eigenvalue weighted by Crippen LogP contribution is 2.43. The van der Waals surface area contributed by atoms with Crippen molar-refractivity contribution in [1.82, 2.24) is 14.9 Å². The zero-order chi connectivity index (χ0) is 33.5. The standard InChI is InChI=1S/C21H35NO2.C13H9BrN2O2S.CH2O2/c1-3-11-18-16-19(18)12-8-6-4-5-7-9-14-21(24)22-15-10-13-20(22)17(2)23;1-18-10-3-2-7-9(17)6-8(13-15-4-5-19-13)16-12(7)11(10)14;2-1-3/h8,12,18-20H,3-7,9-11,13-16H2,1-2H3;2-6H,1H3,(H,16,17);1H,(H,2,3)/b12-8-;;/t18?,19-,20?;;/m1../s1. The van der Waals surface area contributed by atoms with E-state index in [-0.39, 0.29) is 29.6 Å². The van der Waals surface area contributed by atoms with Gasteiger partial charge in [-0.3, -0.25) is 19.2 Å². The Bertz CT molecular complexity index is 1510. The summed E-state index contributed by atoms with van der Waals surface area (Å²) in [4.78, 5) is 53.5. The topological polar surface area (TPSA) is 130 Å². The van der Waals surface area contributed by atoms with Gasteiger partial charge in [0.25, 0.3) is 6.47 Å². The number of carboxylic acid groups (broad SMARTS) is 1. The van der Waals surface area contributed by atoms with Crippen molar-refractivity contribution < 1.29 is 24.2 Å². The number of allylic oxidation sites excluding steroid dienone is 2. The second-order valence-corrected chi connectivity index (χ2v) is 13.4. The number of H-pyrrole nitrogens is 1. The van der Waals surface area contributed by atoms with Crippen LogP contribution in [0.5, 0.6) is 5.75 Å². The summed E-state index contributed by atoms with van der Waals surface area (Å²) in [7, 11) is 1.59. The fourth-order valence-corrected chi connectivity index (χ4v) is 7.11. The molecule has 0 radical (unpaired) electrons. The number of rotatable bonds is 13. The Morgan fingerprint density at radius 1 is 1.24 bits per heavy atom. The Morgan fingerprint density at radius 3 is 2.67 bits per heavy atom. The zero-order valence-electron chi connectivity index (χ0n) is 27.0. The van der Waals surface area contributed by atoms with Crippen LogP contribution in [0.1, 0.15) is 84.5 Å². The molecule has 1 saturated carbocycles. The van der Waals surface area contributed by atoms with E-state index < -0.39 is 0 Å². The predicted molar refractivity (Wildman–Crippen MR) is 187 cm³/mol. The SMILES string of the molecule is CCCC1C[C@H]1/C=C\CCCCCCC(=O)N1CCCC1C(C)=O.COc1ccc2c(=O)cc(-c3nccs3)[nH]c2c1Br.O=CO. The van der Waals surface area contributed by atoms with Crippen LogP contribution < -0.4 is 10.2 Å². The van der Waals surface area contributed by atoms with Crippen molar-refractivity contribution in [3.05, 3.63) is 56.6 Å². The average Bonchev–Trinajstić information content (AvgIpc) is 3.41. The summed E-state index contributed by atoms with van der Waals surface area (Å²) in [6.07, 6.45) is 18.8. The molecule has 1 aromatic carbocycles. The fourth-order valence-electron chi connectivity index (χ4n) is 5.90. The van der Waals surface area contributed by atoms with E-state index in [2.05, 4.69) is 45.0 Å². The maximum absolute atomic E-state index is 12.2. The van der Waals surface area contributed by atoms with E-state index in [1.165, 1.54) is 49.9 Å². The summed E-state index contributed by atoms with van der Waals surface area (Å²) >= 11 is 4.94. The normalized spacial score (nSPS) is 18.4. The number of ether oxygens (including phenoxy) is 1. The minimum atomic E-state index is -0.250. The Kier molecular flexibility index (Phi) is 15.6. The second-order valence-electron chi connectivity index (χ2n) is 11.7. The summed E-state index contributed by atoms with van der Waals surface area (Å²) in [5.41, 5.74) is 1.39. The molecule has 5 rings (SSSR count). The van der Waals surface area contributed by atoms with Crippen molar-refractivity contribution in [2.75, 3.05) is 13.7 Å². The molecule has 46 heavy (non-hydrogen) atoms. The molecular formula is C35H46BrN3O6S. The van der Waals surface area contributed by atoms with Crippen molar-refractivity contribution in [1.29, 1.82) is 0 Å². The van der Waals surface area contributed by atoms with E-state index in [4.69, 9.17) is 14.6 Å². The molecule has 250 valence electrons. The zero-order valence-corrected chi connectivity index (χ0v) is 29.4. The number of hydrogen-bond donors (Lipinski definition) is 2. The number of thiazole rings is 1. The maximum atomic E-state index is 12.2. The number of Topliss-reactive ketones (excluding diaryl/α,β-unsaturated/α-hetero) is 1. The van der Waals surface area contributed by atoms with Crippen LogP contribution in [0.3, 0.4) is 0 Å². The van der Waals surface area contributed by atoms with Gasteiger partial charge in [0, 0.05) is 36.0 Å². The van der Waals surface area contributed by atoms with Gasteiger partial charge in [-0.05, 0) is 85.3 Å². The maximum Gasteiger partial charge on any atom is 0.290 e. The highest BCUT2D eigenvalue weighted by molar-refractivity contribution is 9.10. The molecule has 2 N–H and O–H groups in total. The minimum absolute atomic E-state index is 0.0395. The summed E-state index contributed by atoms with van der Waals surface area (Å²) < 4.78 is 5.98. The van der Waals surface area contributed by atoms with E-state index in [9.17, 15) is 14.4 Å². The molecule has 0 spiro atoms. The highest BCUT2D eigenvalue weighted by Gasteiger charge is 2.33. The number of carbonyl (C=O) groups is 3. The lowest BCUT2D eigenvalue weighted by Gasteiger charge is -2.22. The number of aromatic nitrogens is 2. The van der Waals surface area contributed by atoms with Crippen molar-refractivity contribution >= 4 is 56.3 Å². The lowest BCUT2D eigenvalue weighted by molar-refractivity contribution is -0.137. The van der Waals surface area contributed by atoms with Gasteiger partial charge in [-0.25, -0.2) is 4.98 Å². The van der Waals surface area contributed by atoms with Crippen LogP contribution in [0.2, 0.25) is 0 Å². The first-order valence-electron chi connectivity index (χ1n) is 16.1. The van der Waals surface area contributed by atoms with E-state index in [1.54, 1.807) is 38.4 Å². The monoisotopic (exact) mass is 715 g/mol. The Balaban J connectivity index is 0.000000235. The molecule has 9 nitrogen and oxygen atoms in total. The summed E-state index contributed by atoms with van der Waals surface area (Å²) in [6.45, 7) is 4.40. The fraction of sp³-hybridized carbons (Fsp3) is 0.514. The first-order valence-corrected chi connectivity index (χ1v) is 17.8. The molecule has 2 unspecified atom stereocenters. The van der Waals surface area contributed by atoms with Crippen LogP contribution in [-0.4, -0.2) is 57.8 Å². The van der Waals surface area contributed by atoms with Gasteiger partial charge in [0.2, 0.25) is 5.91 Å². The van der Waals surface area contributed by atoms with Gasteiger partial charge in [-0.2, -0.15) is 0 Å². The van der Waals surface area contributed by atoms with Crippen LogP contribution in [0, 0.1) is 11.8 Å². The number of fused-ring (bicyclic) bond motifs is 1. The van der Waals surface area contributed by atoms with Gasteiger partial charge in [-0.1, -0.05) is 44.8 Å². The van der Waals surface area contributed by atoms with Crippen LogP contribution in [0.4, 0.5) is 0 Å². The van der Waals surface area contributed by atoms with Crippen LogP contribution in [0.15, 0.2) is 51.2 Å². The number of aromatic amines is 1. The molecule has 0 bridgehead atoms. The number of likely N-dealkylation sites (tertiary alicyclic amines) is 1. The lowest BCUT2D eigenvalue weighted by Crippen LogP contribution is -2.39. The third kappa shape index (κ3) is 10.9. The summed E-state index contributed by atoms with van der Waals surface area (Å²) in [5.74, 6) is 2.85. The number of methoxy groups -OCH3 is 1. The molecule has 11 heteroatoms. The molecule has 2 aliphatic rings. The molecule has 3 aromatic rings. The molecule has 1 saturated heterocycles. The number of pyridine rings is 1. The molecule has 1 amide bonds. The number of ketones is 1. The van der Waals surface area contributed by atoms with Gasteiger partial charge in [-0.15, -0.1) is 11.3 Å². The highest BCUT2D eigenvalue weighted by atomic mass is 79.9. The molecule has 2 aromatic heterocycles. The number of halogens is 1. The minimum Gasteiger partial charge on any atom is -0.495 e. The average molecular weight is 717 g/mol. The van der Waals surface area contributed by atoms with Crippen molar-refractivity contribution in [3.63, 3.8) is 0 Å². The van der Waals surface area contributed by atoms with E-state index in [0.717, 1.165) is 59.1 Å². The first kappa shape index (κ1) is 37.2. The third-order valence-corrected chi connectivity index (χ3v) is 9.96. The predicted octanol–water partition coefficient (Wildman–Crippen LogP) is 8.02. The Hall–Kier alpha value is -3.31. The first-order chi connectivity index (χ1) is 22.2. The number of unbranched alkanes of at least 4 members (excludes halogenated alkanes) is 4. The van der Waals surface area contributed by atoms with E-state index in [0.29, 0.717) is 23.3 Å². The number of benzene rings is 1. The van der Waals surface area contributed by atoms with E-state index >= 15 is 0 Å². The van der Waals surface area contributed by atoms with Gasteiger partial charge in [0.05, 0.1) is 28.8 Å². The lowest BCUT2D eigenvalue weighted by atomic mass is 10.1. The molecule has 3 atom stereocenters. The third-order valence-electron chi connectivity index (χ3n) is 8.36. The number of carbonyl (C=O) groups excluding carboxylic acids is 2. The number of amides is 1.